The van der Waals surface area contributed by atoms with Crippen molar-refractivity contribution in [2.45, 2.75) is 39.4 Å². The molecule has 0 aliphatic rings. The first kappa shape index (κ1) is 24.8. The Morgan fingerprint density at radius 3 is 2.68 bits per heavy atom. The fourth-order valence-electron chi connectivity index (χ4n) is 2.47. The predicted molar refractivity (Wildman–Crippen MR) is 127 cm³/mol. The maximum absolute atomic E-state index is 10.2. The smallest absolute Gasteiger partial charge is 0.191 e. The number of hydrogen-bond acceptors (Lipinski definition) is 5. The molecule has 0 aliphatic carbocycles. The van der Waals surface area contributed by atoms with Gasteiger partial charge in [0.25, 0.3) is 0 Å². The average molecular weight is 518 g/mol. The van der Waals surface area contributed by atoms with Crippen LogP contribution in [0.4, 0.5) is 0 Å². The summed E-state index contributed by atoms with van der Waals surface area (Å²) in [6, 6.07) is 9.98. The number of aliphatic hydroxyl groups excluding tert-OH is 1. The molecule has 28 heavy (non-hydrogen) atoms. The largest absolute Gasteiger partial charge is 0.389 e. The highest BCUT2D eigenvalue weighted by Crippen LogP contribution is 2.16. The zero-order chi connectivity index (χ0) is 19.5. The van der Waals surface area contributed by atoms with Crippen LogP contribution in [0.1, 0.15) is 35.4 Å². The van der Waals surface area contributed by atoms with E-state index in [4.69, 9.17) is 4.74 Å². The highest BCUT2D eigenvalue weighted by Gasteiger charge is 2.10. The number of aliphatic imine (C=N–C) groups is 1. The minimum atomic E-state index is -0.645. The Balaban J connectivity index is 0.00000392. The van der Waals surface area contributed by atoms with E-state index in [9.17, 15) is 5.11 Å². The van der Waals surface area contributed by atoms with Gasteiger partial charge in [-0.2, -0.15) is 0 Å². The molecule has 6 nitrogen and oxygen atoms in total. The quantitative estimate of drug-likeness (QED) is 0.256. The second-order valence-electron chi connectivity index (χ2n) is 6.30. The van der Waals surface area contributed by atoms with Crippen molar-refractivity contribution < 1.29 is 9.84 Å². The standard InChI is InChI=1S/C20H30N4O2S.HI/c1-4-21-20(22-11-10-19-23-12-15(2)27-19)24-13-18(25)14-26-16(3)17-8-6-5-7-9-17;/h5-9,12,16,18,25H,4,10-11,13-14H2,1-3H3,(H2,21,22,24);1H. The van der Waals surface area contributed by atoms with Gasteiger partial charge in [-0.1, -0.05) is 30.3 Å². The lowest BCUT2D eigenvalue weighted by molar-refractivity contribution is 0.00112. The second-order valence-corrected chi connectivity index (χ2v) is 7.62. The van der Waals surface area contributed by atoms with Gasteiger partial charge in [-0.25, -0.2) is 4.98 Å². The van der Waals surface area contributed by atoms with Crippen molar-refractivity contribution in [3.8, 4) is 0 Å². The zero-order valence-corrected chi connectivity index (χ0v) is 19.9. The molecule has 0 aliphatic heterocycles. The number of aromatic nitrogens is 1. The third-order valence-corrected chi connectivity index (χ3v) is 4.88. The summed E-state index contributed by atoms with van der Waals surface area (Å²) in [7, 11) is 0. The number of nitrogens with one attached hydrogen (secondary N) is 2. The van der Waals surface area contributed by atoms with Crippen molar-refractivity contribution in [1.82, 2.24) is 15.6 Å². The van der Waals surface area contributed by atoms with Crippen LogP contribution in [0.2, 0.25) is 0 Å². The van der Waals surface area contributed by atoms with E-state index in [1.165, 1.54) is 4.88 Å². The van der Waals surface area contributed by atoms with E-state index in [2.05, 4.69) is 27.5 Å². The molecule has 2 aromatic rings. The number of ether oxygens (including phenoxy) is 1. The van der Waals surface area contributed by atoms with Gasteiger partial charge in [0.2, 0.25) is 0 Å². The van der Waals surface area contributed by atoms with Gasteiger partial charge in [0.1, 0.15) is 0 Å². The Kier molecular flexibility index (Phi) is 12.3. The van der Waals surface area contributed by atoms with Crippen LogP contribution in [0.25, 0.3) is 0 Å². The van der Waals surface area contributed by atoms with E-state index in [-0.39, 0.29) is 43.2 Å². The molecule has 1 heterocycles. The monoisotopic (exact) mass is 518 g/mol. The Bertz CT molecular complexity index is 697. The fourth-order valence-corrected chi connectivity index (χ4v) is 3.26. The molecule has 156 valence electrons. The Morgan fingerprint density at radius 2 is 2.04 bits per heavy atom. The summed E-state index contributed by atoms with van der Waals surface area (Å²) in [6.45, 7) is 8.10. The first-order valence-corrected chi connectivity index (χ1v) is 10.2. The minimum Gasteiger partial charge on any atom is -0.389 e. The zero-order valence-electron chi connectivity index (χ0n) is 16.7. The number of aliphatic hydroxyl groups is 1. The maximum Gasteiger partial charge on any atom is 0.191 e. The van der Waals surface area contributed by atoms with Crippen LogP contribution in [-0.2, 0) is 11.2 Å². The van der Waals surface area contributed by atoms with Gasteiger partial charge < -0.3 is 20.5 Å². The third kappa shape index (κ3) is 9.31. The van der Waals surface area contributed by atoms with E-state index in [1.807, 2.05) is 50.4 Å². The lowest BCUT2D eigenvalue weighted by atomic mass is 10.1. The van der Waals surface area contributed by atoms with Gasteiger partial charge >= 0.3 is 0 Å². The van der Waals surface area contributed by atoms with Gasteiger partial charge in [-0.05, 0) is 26.3 Å². The molecule has 0 spiro atoms. The summed E-state index contributed by atoms with van der Waals surface area (Å²) < 4.78 is 5.76. The van der Waals surface area contributed by atoms with E-state index in [0.29, 0.717) is 5.96 Å². The Morgan fingerprint density at radius 1 is 1.29 bits per heavy atom. The van der Waals surface area contributed by atoms with Crippen molar-refractivity contribution in [3.05, 3.63) is 52.0 Å². The number of guanidine groups is 1. The maximum atomic E-state index is 10.2. The number of nitrogens with zero attached hydrogens (tertiary/aromatic N) is 2. The van der Waals surface area contributed by atoms with Crippen molar-refractivity contribution in [2.75, 3.05) is 26.2 Å². The highest BCUT2D eigenvalue weighted by molar-refractivity contribution is 14.0. The van der Waals surface area contributed by atoms with Crippen molar-refractivity contribution in [3.63, 3.8) is 0 Å². The minimum absolute atomic E-state index is 0. The van der Waals surface area contributed by atoms with Crippen LogP contribution in [0, 0.1) is 6.92 Å². The van der Waals surface area contributed by atoms with Crippen LogP contribution in [0.5, 0.6) is 0 Å². The van der Waals surface area contributed by atoms with Crippen LogP contribution >= 0.6 is 35.3 Å². The summed E-state index contributed by atoms with van der Waals surface area (Å²) in [5.74, 6) is 0.695. The number of benzene rings is 1. The summed E-state index contributed by atoms with van der Waals surface area (Å²) in [5.41, 5.74) is 1.10. The van der Waals surface area contributed by atoms with Gasteiger partial charge in [-0.15, -0.1) is 35.3 Å². The molecule has 2 atom stereocenters. The number of aryl methyl sites for hydroxylation is 1. The van der Waals surface area contributed by atoms with Crippen LogP contribution in [-0.4, -0.2) is 48.4 Å². The lowest BCUT2D eigenvalue weighted by Gasteiger charge is -2.16. The molecule has 0 amide bonds. The van der Waals surface area contributed by atoms with Crippen LogP contribution in [0.15, 0.2) is 41.5 Å². The number of hydrogen-bond donors (Lipinski definition) is 3. The summed E-state index contributed by atoms with van der Waals surface area (Å²) in [5, 5.41) is 17.8. The fraction of sp³-hybridized carbons (Fsp3) is 0.500. The molecule has 1 aromatic heterocycles. The molecule has 8 heteroatoms. The van der Waals surface area contributed by atoms with Crippen molar-refractivity contribution in [2.24, 2.45) is 4.99 Å². The van der Waals surface area contributed by atoms with Crippen LogP contribution < -0.4 is 10.6 Å². The second kappa shape index (κ2) is 13.9. The molecule has 0 bridgehead atoms. The molecule has 0 saturated carbocycles. The first-order valence-electron chi connectivity index (χ1n) is 9.36. The SMILES string of the molecule is CCNC(=NCC(O)COC(C)c1ccccc1)NCCc1ncc(C)s1.I. The van der Waals surface area contributed by atoms with E-state index in [1.54, 1.807) is 11.3 Å². The summed E-state index contributed by atoms with van der Waals surface area (Å²) >= 11 is 1.71. The summed E-state index contributed by atoms with van der Waals surface area (Å²) in [4.78, 5) is 10.0. The van der Waals surface area contributed by atoms with E-state index in [0.717, 1.165) is 30.1 Å². The number of thiazole rings is 1. The van der Waals surface area contributed by atoms with Gasteiger partial charge in [-0.3, -0.25) is 4.99 Å². The summed E-state index contributed by atoms with van der Waals surface area (Å²) in [6.07, 6.45) is 2.04. The molecule has 0 saturated heterocycles. The Hall–Kier alpha value is -1.23. The molecular weight excluding hydrogens is 487 g/mol. The van der Waals surface area contributed by atoms with E-state index >= 15 is 0 Å². The normalized spacial score (nSPS) is 13.5. The molecule has 1 aromatic carbocycles. The highest BCUT2D eigenvalue weighted by atomic mass is 127. The van der Waals surface area contributed by atoms with Crippen molar-refractivity contribution >= 4 is 41.3 Å². The van der Waals surface area contributed by atoms with Gasteiger partial charge in [0.05, 0.1) is 30.4 Å². The molecular formula is C20H31IN4O2S. The van der Waals surface area contributed by atoms with Crippen LogP contribution in [0.3, 0.4) is 0 Å². The van der Waals surface area contributed by atoms with Crippen molar-refractivity contribution in [1.29, 1.82) is 0 Å². The molecule has 3 N–H and O–H groups in total. The first-order chi connectivity index (χ1) is 13.1. The molecule has 0 fully saturated rings. The molecule has 2 rings (SSSR count). The third-order valence-electron chi connectivity index (χ3n) is 3.91. The molecule has 0 radical (unpaired) electrons. The lowest BCUT2D eigenvalue weighted by Crippen LogP contribution is -2.39. The molecule has 2 unspecified atom stereocenters. The number of rotatable bonds is 10. The van der Waals surface area contributed by atoms with Gasteiger partial charge in [0.15, 0.2) is 5.96 Å². The Labute approximate surface area is 188 Å². The average Bonchev–Trinajstić information content (AvgIpc) is 3.10. The predicted octanol–water partition coefficient (Wildman–Crippen LogP) is 3.31. The van der Waals surface area contributed by atoms with E-state index < -0.39 is 6.10 Å². The topological polar surface area (TPSA) is 78.8 Å². The van der Waals surface area contributed by atoms with Gasteiger partial charge in [0, 0.05) is 30.6 Å². The number of halogens is 1.